The van der Waals surface area contributed by atoms with Crippen molar-refractivity contribution in [2.75, 3.05) is 18.0 Å². The van der Waals surface area contributed by atoms with Crippen LogP contribution in [0.1, 0.15) is 51.7 Å². The van der Waals surface area contributed by atoms with Crippen molar-refractivity contribution in [2.45, 2.75) is 46.1 Å². The molecule has 1 unspecified atom stereocenters. The predicted octanol–water partition coefficient (Wildman–Crippen LogP) is 3.76. The Morgan fingerprint density at radius 2 is 1.76 bits per heavy atom. The monoisotopic (exact) mass is 235 g/mol. The average molecular weight is 235 g/mol. The van der Waals surface area contributed by atoms with E-state index in [0.29, 0.717) is 0 Å². The summed E-state index contributed by atoms with van der Waals surface area (Å²) in [5, 5.41) is 9.74. The summed E-state index contributed by atoms with van der Waals surface area (Å²) >= 11 is 0. The van der Waals surface area contributed by atoms with Gasteiger partial charge >= 0.3 is 0 Å². The highest BCUT2D eigenvalue weighted by Crippen LogP contribution is 2.21. The van der Waals surface area contributed by atoms with Gasteiger partial charge in [0.1, 0.15) is 0 Å². The molecule has 0 amide bonds. The van der Waals surface area contributed by atoms with E-state index < -0.39 is 0 Å². The minimum Gasteiger partial charge on any atom is -0.388 e. The lowest BCUT2D eigenvalue weighted by atomic mass is 10.1. The molecule has 0 aliphatic carbocycles. The van der Waals surface area contributed by atoms with Gasteiger partial charge in [0.05, 0.1) is 6.10 Å². The predicted molar refractivity (Wildman–Crippen MR) is 74.5 cm³/mol. The number of aliphatic hydroxyl groups is 1. The van der Waals surface area contributed by atoms with E-state index in [-0.39, 0.29) is 6.10 Å². The number of hydrogen-bond acceptors (Lipinski definition) is 2. The third-order valence-corrected chi connectivity index (χ3v) is 3.19. The van der Waals surface area contributed by atoms with Gasteiger partial charge in [0, 0.05) is 18.8 Å². The number of unbranched alkanes of at least 4 members (excludes halogenated alkanes) is 1. The van der Waals surface area contributed by atoms with E-state index in [4.69, 9.17) is 0 Å². The summed E-state index contributed by atoms with van der Waals surface area (Å²) in [6, 6.07) is 8.32. The normalized spacial score (nSPS) is 12.5. The van der Waals surface area contributed by atoms with Crippen LogP contribution in [-0.2, 0) is 0 Å². The lowest BCUT2D eigenvalue weighted by Crippen LogP contribution is -2.23. The molecule has 0 saturated heterocycles. The first kappa shape index (κ1) is 14.0. The molecule has 17 heavy (non-hydrogen) atoms. The molecule has 2 nitrogen and oxygen atoms in total. The third-order valence-electron chi connectivity index (χ3n) is 3.19. The molecule has 1 N–H and O–H groups in total. The molecule has 1 aromatic rings. The van der Waals surface area contributed by atoms with Crippen molar-refractivity contribution in [3.63, 3.8) is 0 Å². The van der Waals surface area contributed by atoms with E-state index in [0.717, 1.165) is 25.1 Å². The summed E-state index contributed by atoms with van der Waals surface area (Å²) in [4.78, 5) is 2.38. The first-order valence-corrected chi connectivity index (χ1v) is 6.75. The maximum absolute atomic E-state index is 9.74. The molecule has 0 aliphatic heterocycles. The van der Waals surface area contributed by atoms with Crippen LogP contribution < -0.4 is 4.90 Å². The molecule has 2 heteroatoms. The van der Waals surface area contributed by atoms with Gasteiger partial charge < -0.3 is 10.0 Å². The Labute approximate surface area is 105 Å². The summed E-state index contributed by atoms with van der Waals surface area (Å²) in [5.74, 6) is 0. The van der Waals surface area contributed by atoms with E-state index in [1.54, 1.807) is 0 Å². The molecule has 1 rings (SSSR count). The molecule has 0 aliphatic rings. The topological polar surface area (TPSA) is 23.5 Å². The van der Waals surface area contributed by atoms with Gasteiger partial charge in [-0.3, -0.25) is 0 Å². The first-order valence-electron chi connectivity index (χ1n) is 6.75. The van der Waals surface area contributed by atoms with Crippen LogP contribution in [0, 0.1) is 0 Å². The molecule has 0 fully saturated rings. The number of hydrogen-bond donors (Lipinski definition) is 1. The van der Waals surface area contributed by atoms with Gasteiger partial charge in [-0.25, -0.2) is 0 Å². The van der Waals surface area contributed by atoms with Crippen molar-refractivity contribution in [2.24, 2.45) is 0 Å². The Bertz CT molecular complexity index is 307. The molecule has 96 valence electrons. The van der Waals surface area contributed by atoms with Crippen LogP contribution >= 0.6 is 0 Å². The zero-order valence-corrected chi connectivity index (χ0v) is 11.3. The van der Waals surface area contributed by atoms with Crippen molar-refractivity contribution in [3.05, 3.63) is 29.8 Å². The Balaban J connectivity index is 2.70. The van der Waals surface area contributed by atoms with Crippen LogP contribution in [0.4, 0.5) is 5.69 Å². The van der Waals surface area contributed by atoms with E-state index in [9.17, 15) is 5.11 Å². The SMILES string of the molecule is CCCCN(CC)c1ccc(C(O)CC)cc1. The van der Waals surface area contributed by atoms with Crippen molar-refractivity contribution in [1.82, 2.24) is 0 Å². The standard InChI is InChI=1S/C15H25NO/c1-4-7-12-16(6-3)14-10-8-13(9-11-14)15(17)5-2/h8-11,15,17H,4-7,12H2,1-3H3. The van der Waals surface area contributed by atoms with Crippen LogP contribution in [0.25, 0.3) is 0 Å². The second kappa shape index (κ2) is 7.33. The maximum atomic E-state index is 9.74. The fourth-order valence-corrected chi connectivity index (χ4v) is 1.96. The first-order chi connectivity index (χ1) is 8.22. The maximum Gasteiger partial charge on any atom is 0.0787 e. The molecule has 0 saturated carbocycles. The fourth-order valence-electron chi connectivity index (χ4n) is 1.96. The minimum absolute atomic E-state index is 0.324. The van der Waals surface area contributed by atoms with Crippen molar-refractivity contribution in [1.29, 1.82) is 0 Å². The van der Waals surface area contributed by atoms with Crippen LogP contribution in [0.2, 0.25) is 0 Å². The summed E-state index contributed by atoms with van der Waals surface area (Å²) < 4.78 is 0. The smallest absolute Gasteiger partial charge is 0.0787 e. The number of benzene rings is 1. The van der Waals surface area contributed by atoms with Gasteiger partial charge in [-0.1, -0.05) is 32.4 Å². The van der Waals surface area contributed by atoms with Crippen LogP contribution in [0.15, 0.2) is 24.3 Å². The lowest BCUT2D eigenvalue weighted by Gasteiger charge is -2.23. The highest BCUT2D eigenvalue weighted by molar-refractivity contribution is 5.47. The zero-order valence-electron chi connectivity index (χ0n) is 11.3. The van der Waals surface area contributed by atoms with Crippen molar-refractivity contribution < 1.29 is 5.11 Å². The van der Waals surface area contributed by atoms with E-state index in [2.05, 4.69) is 30.9 Å². The summed E-state index contributed by atoms with van der Waals surface area (Å²) in [6.45, 7) is 8.55. The van der Waals surface area contributed by atoms with Crippen molar-refractivity contribution >= 4 is 5.69 Å². The number of nitrogens with zero attached hydrogens (tertiary/aromatic N) is 1. The van der Waals surface area contributed by atoms with Gasteiger partial charge in [-0.05, 0) is 37.5 Å². The second-order valence-electron chi connectivity index (χ2n) is 4.45. The molecular weight excluding hydrogens is 210 g/mol. The average Bonchev–Trinajstić information content (AvgIpc) is 2.39. The third kappa shape index (κ3) is 4.04. The highest BCUT2D eigenvalue weighted by atomic mass is 16.3. The molecule has 0 spiro atoms. The van der Waals surface area contributed by atoms with Crippen molar-refractivity contribution in [3.8, 4) is 0 Å². The number of aliphatic hydroxyl groups excluding tert-OH is 1. The molecule has 0 aromatic heterocycles. The van der Waals surface area contributed by atoms with Gasteiger partial charge in [-0.15, -0.1) is 0 Å². The fraction of sp³-hybridized carbons (Fsp3) is 0.600. The molecule has 0 heterocycles. The Morgan fingerprint density at radius 1 is 1.12 bits per heavy atom. The van der Waals surface area contributed by atoms with Gasteiger partial charge in [-0.2, -0.15) is 0 Å². The Morgan fingerprint density at radius 3 is 2.24 bits per heavy atom. The molecule has 0 radical (unpaired) electrons. The molecule has 1 aromatic carbocycles. The second-order valence-corrected chi connectivity index (χ2v) is 4.45. The summed E-state index contributed by atoms with van der Waals surface area (Å²) in [5.41, 5.74) is 2.27. The Kier molecular flexibility index (Phi) is 6.06. The Hall–Kier alpha value is -1.02. The largest absolute Gasteiger partial charge is 0.388 e. The minimum atomic E-state index is -0.324. The van der Waals surface area contributed by atoms with E-state index in [1.807, 2.05) is 19.1 Å². The van der Waals surface area contributed by atoms with Gasteiger partial charge in [0.15, 0.2) is 0 Å². The van der Waals surface area contributed by atoms with Gasteiger partial charge in [0.2, 0.25) is 0 Å². The zero-order chi connectivity index (χ0) is 12.7. The summed E-state index contributed by atoms with van der Waals surface area (Å²) in [6.07, 6.45) is 2.90. The number of anilines is 1. The molecular formula is C15H25NO. The molecule has 1 atom stereocenters. The van der Waals surface area contributed by atoms with E-state index >= 15 is 0 Å². The summed E-state index contributed by atoms with van der Waals surface area (Å²) in [7, 11) is 0. The van der Waals surface area contributed by atoms with E-state index in [1.165, 1.54) is 18.5 Å². The highest BCUT2D eigenvalue weighted by Gasteiger charge is 2.06. The van der Waals surface area contributed by atoms with Crippen LogP contribution in [0.5, 0.6) is 0 Å². The van der Waals surface area contributed by atoms with Gasteiger partial charge in [0.25, 0.3) is 0 Å². The lowest BCUT2D eigenvalue weighted by molar-refractivity contribution is 0.173. The van der Waals surface area contributed by atoms with Crippen LogP contribution in [-0.4, -0.2) is 18.2 Å². The number of rotatable bonds is 7. The quantitative estimate of drug-likeness (QED) is 0.778. The van der Waals surface area contributed by atoms with Crippen LogP contribution in [0.3, 0.4) is 0 Å². The molecule has 0 bridgehead atoms.